The maximum atomic E-state index is 14.0. The Balaban J connectivity index is 1.59. The van der Waals surface area contributed by atoms with Gasteiger partial charge >= 0.3 is 6.03 Å². The lowest BCUT2D eigenvalue weighted by Gasteiger charge is -2.34. The van der Waals surface area contributed by atoms with Crippen LogP contribution in [0.15, 0.2) is 70.0 Å². The topological polar surface area (TPSA) is 173 Å². The van der Waals surface area contributed by atoms with E-state index in [1.54, 1.807) is 19.2 Å². The van der Waals surface area contributed by atoms with Crippen molar-refractivity contribution in [2.24, 2.45) is 17.0 Å². The van der Waals surface area contributed by atoms with Crippen molar-refractivity contribution in [3.63, 3.8) is 0 Å². The molecule has 1 aliphatic rings. The molecule has 0 unspecified atom stereocenters. The Bertz CT molecular complexity index is 1730. The summed E-state index contributed by atoms with van der Waals surface area (Å²) in [6.07, 6.45) is -0.00409. The summed E-state index contributed by atoms with van der Waals surface area (Å²) in [5, 5.41) is 29.0. The molecule has 4 amide bonds. The highest BCUT2D eigenvalue weighted by atomic mass is 32.2. The Morgan fingerprint density at radius 1 is 1.08 bits per heavy atom. The molecular formula is C34H44N6O7S2. The molecule has 49 heavy (non-hydrogen) atoms. The van der Waals surface area contributed by atoms with Crippen LogP contribution in [0.5, 0.6) is 0 Å². The highest BCUT2D eigenvalue weighted by Gasteiger charge is 2.44. The zero-order valence-corrected chi connectivity index (χ0v) is 29.9. The molecule has 264 valence electrons. The molecule has 0 saturated carbocycles. The van der Waals surface area contributed by atoms with Crippen LogP contribution in [0.4, 0.5) is 4.79 Å². The van der Waals surface area contributed by atoms with E-state index in [1.165, 1.54) is 51.0 Å². The van der Waals surface area contributed by atoms with E-state index in [0.717, 1.165) is 15.5 Å². The minimum atomic E-state index is -4.09. The Kier molecular flexibility index (Phi) is 12.7. The lowest BCUT2D eigenvalue weighted by atomic mass is 9.97. The van der Waals surface area contributed by atoms with Crippen molar-refractivity contribution in [3.8, 4) is 0 Å². The van der Waals surface area contributed by atoms with Crippen LogP contribution < -0.4 is 5.32 Å². The van der Waals surface area contributed by atoms with Crippen molar-refractivity contribution in [1.82, 2.24) is 24.4 Å². The summed E-state index contributed by atoms with van der Waals surface area (Å²) in [5.41, 5.74) is 1.88. The molecule has 1 aliphatic heterocycles. The number of carbonyl (C=O) groups is 3. The van der Waals surface area contributed by atoms with E-state index >= 15 is 0 Å². The van der Waals surface area contributed by atoms with Gasteiger partial charge in [0.2, 0.25) is 15.9 Å². The molecule has 3 N–H and O–H groups in total. The molecule has 0 spiro atoms. The van der Waals surface area contributed by atoms with Crippen LogP contribution in [0.25, 0.3) is 0 Å². The number of nitrogens with zero attached hydrogens (tertiary/aromatic N) is 5. The fraction of sp³-hybridized carbons (Fsp3) is 0.441. The van der Waals surface area contributed by atoms with E-state index < -0.39 is 52.0 Å². The Labute approximate surface area is 291 Å². The van der Waals surface area contributed by atoms with E-state index in [0.29, 0.717) is 11.3 Å². The maximum Gasteiger partial charge on any atom is 0.328 e. The zero-order valence-electron chi connectivity index (χ0n) is 28.3. The first-order chi connectivity index (χ1) is 23.2. The molecule has 3 atom stereocenters. The zero-order chi connectivity index (χ0) is 35.9. The number of hydrogen-bond acceptors (Lipinski definition) is 10. The number of aliphatic hydroxyl groups is 1. The smallest absolute Gasteiger partial charge is 0.328 e. The Hall–Kier alpha value is -4.18. The molecule has 13 nitrogen and oxygen atoms in total. The molecule has 3 aromatic rings. The van der Waals surface area contributed by atoms with Crippen molar-refractivity contribution in [2.45, 2.75) is 70.7 Å². The number of aromatic nitrogens is 1. The van der Waals surface area contributed by atoms with Crippen molar-refractivity contribution in [3.05, 3.63) is 81.8 Å². The lowest BCUT2D eigenvalue weighted by Crippen LogP contribution is -2.57. The van der Waals surface area contributed by atoms with Gasteiger partial charge in [0.1, 0.15) is 12.6 Å². The van der Waals surface area contributed by atoms with E-state index in [4.69, 9.17) is 5.21 Å². The maximum absolute atomic E-state index is 14.0. The van der Waals surface area contributed by atoms with Crippen molar-refractivity contribution < 1.29 is 33.1 Å². The second-order valence-corrected chi connectivity index (χ2v) is 15.8. The van der Waals surface area contributed by atoms with Crippen LogP contribution in [0.1, 0.15) is 49.5 Å². The predicted molar refractivity (Wildman–Crippen MR) is 186 cm³/mol. The Morgan fingerprint density at radius 3 is 2.33 bits per heavy atom. The summed E-state index contributed by atoms with van der Waals surface area (Å²) < 4.78 is 28.9. The third-order valence-corrected chi connectivity index (χ3v) is 10.7. The number of imide groups is 1. The number of oxime groups is 1. The number of carbonyl (C=O) groups excluding carboxylic acids is 3. The number of amides is 4. The SMILES string of the molecule is Cc1nc(CN2C(=O)CN([C@H](C(=O)N[C@@H](Cc3ccccc3)[C@@H](O)CN(CC(C)C)S(=O)(=O)c3ccc(C=NO)cc3)C(C)C)C2=O)cs1. The highest BCUT2D eigenvalue weighted by Crippen LogP contribution is 2.24. The number of aliphatic hydroxyl groups excluding tert-OH is 1. The van der Waals surface area contributed by atoms with Gasteiger partial charge in [-0.3, -0.25) is 14.5 Å². The quantitative estimate of drug-likeness (QED) is 0.0877. The van der Waals surface area contributed by atoms with Crippen LogP contribution in [0.2, 0.25) is 0 Å². The molecule has 0 bridgehead atoms. The first kappa shape index (κ1) is 37.6. The first-order valence-corrected chi connectivity index (χ1v) is 18.3. The summed E-state index contributed by atoms with van der Waals surface area (Å²) >= 11 is 1.41. The fourth-order valence-electron chi connectivity index (χ4n) is 5.76. The molecular weight excluding hydrogens is 669 g/mol. The minimum Gasteiger partial charge on any atom is -0.411 e. The van der Waals surface area contributed by atoms with E-state index in [1.807, 2.05) is 51.1 Å². The number of sulfonamides is 1. The molecule has 0 radical (unpaired) electrons. The van der Waals surface area contributed by atoms with Crippen LogP contribution >= 0.6 is 11.3 Å². The van der Waals surface area contributed by atoms with Crippen molar-refractivity contribution >= 4 is 45.4 Å². The summed E-state index contributed by atoms with van der Waals surface area (Å²) in [4.78, 5) is 47.2. The highest BCUT2D eigenvalue weighted by molar-refractivity contribution is 7.89. The molecule has 0 aliphatic carbocycles. The minimum absolute atomic E-state index is 0.00179. The van der Waals surface area contributed by atoms with Gasteiger partial charge in [0, 0.05) is 18.5 Å². The van der Waals surface area contributed by atoms with Gasteiger partial charge in [0.25, 0.3) is 5.91 Å². The van der Waals surface area contributed by atoms with Gasteiger partial charge < -0.3 is 20.5 Å². The second kappa shape index (κ2) is 16.5. The van der Waals surface area contributed by atoms with Gasteiger partial charge in [-0.25, -0.2) is 18.2 Å². The number of thiazole rings is 1. The van der Waals surface area contributed by atoms with Crippen LogP contribution in [0.3, 0.4) is 0 Å². The summed E-state index contributed by atoms with van der Waals surface area (Å²) in [7, 11) is -4.09. The lowest BCUT2D eigenvalue weighted by molar-refractivity contribution is -0.129. The van der Waals surface area contributed by atoms with Gasteiger partial charge in [0.15, 0.2) is 0 Å². The first-order valence-electron chi connectivity index (χ1n) is 16.0. The molecule has 15 heteroatoms. The number of nitrogens with one attached hydrogen (secondary N) is 1. The number of rotatable bonds is 16. The fourth-order valence-corrected chi connectivity index (χ4v) is 7.98. The van der Waals surface area contributed by atoms with Gasteiger partial charge in [0.05, 0.1) is 40.5 Å². The molecule has 2 aromatic carbocycles. The van der Waals surface area contributed by atoms with Gasteiger partial charge in [-0.1, -0.05) is 75.3 Å². The number of urea groups is 1. The summed E-state index contributed by atoms with van der Waals surface area (Å²) in [6, 6.07) is 12.4. The van der Waals surface area contributed by atoms with Crippen molar-refractivity contribution in [1.29, 1.82) is 0 Å². The molecule has 1 aromatic heterocycles. The van der Waals surface area contributed by atoms with Gasteiger partial charge in [-0.2, -0.15) is 4.31 Å². The standard InChI is InChI=1S/C34H44N6O7S2/c1-22(2)17-38(49(46,47)28-13-11-26(12-14-28)16-35-45)19-30(41)29(15-25-9-7-6-8-10-25)37-33(43)32(23(3)4)40-20-31(42)39(34(40)44)18-27-21-48-24(5)36-27/h6-14,16,21-23,29-30,32,41,45H,15,17-20H2,1-5H3,(H,37,43)/t29-,30-,32-/m0/s1. The average molecular weight is 713 g/mol. The molecule has 1 fully saturated rings. The van der Waals surface area contributed by atoms with E-state index in [2.05, 4.69) is 15.5 Å². The third-order valence-electron chi connectivity index (χ3n) is 8.08. The summed E-state index contributed by atoms with van der Waals surface area (Å²) in [5.74, 6) is -1.50. The summed E-state index contributed by atoms with van der Waals surface area (Å²) in [6.45, 7) is 8.57. The predicted octanol–water partition coefficient (Wildman–Crippen LogP) is 3.48. The van der Waals surface area contributed by atoms with Crippen LogP contribution in [-0.2, 0) is 32.6 Å². The largest absolute Gasteiger partial charge is 0.411 e. The normalized spacial score (nSPS) is 15.9. The van der Waals surface area contributed by atoms with E-state index in [-0.39, 0.29) is 43.4 Å². The number of benzene rings is 2. The van der Waals surface area contributed by atoms with Crippen LogP contribution in [-0.4, -0.2) is 99.7 Å². The monoisotopic (exact) mass is 712 g/mol. The van der Waals surface area contributed by atoms with Crippen molar-refractivity contribution in [2.75, 3.05) is 19.6 Å². The second-order valence-electron chi connectivity index (χ2n) is 12.8. The van der Waals surface area contributed by atoms with Crippen LogP contribution in [0, 0.1) is 18.8 Å². The van der Waals surface area contributed by atoms with Gasteiger partial charge in [-0.05, 0) is 48.4 Å². The average Bonchev–Trinajstić information content (AvgIpc) is 3.58. The molecule has 2 heterocycles. The van der Waals surface area contributed by atoms with E-state index in [9.17, 15) is 27.9 Å². The number of aryl methyl sites for hydroxylation is 1. The Morgan fingerprint density at radius 2 is 1.76 bits per heavy atom. The third kappa shape index (κ3) is 9.50. The molecule has 4 rings (SSSR count). The van der Waals surface area contributed by atoms with Gasteiger partial charge in [-0.15, -0.1) is 11.3 Å². The number of hydrogen-bond donors (Lipinski definition) is 3. The molecule has 1 saturated heterocycles.